The van der Waals surface area contributed by atoms with Crippen LogP contribution in [-0.4, -0.2) is 72.3 Å². The molecule has 0 spiro atoms. The Kier molecular flexibility index (Phi) is 11.4. The van der Waals surface area contributed by atoms with E-state index in [9.17, 15) is 18.0 Å². The van der Waals surface area contributed by atoms with Crippen LogP contribution >= 0.6 is 11.6 Å². The van der Waals surface area contributed by atoms with Gasteiger partial charge in [0.2, 0.25) is 17.0 Å². The Labute approximate surface area is 307 Å². The van der Waals surface area contributed by atoms with Crippen LogP contribution in [0.2, 0.25) is 5.28 Å². The number of aromatic amines is 1. The highest BCUT2D eigenvalue weighted by molar-refractivity contribution is 6.28. The van der Waals surface area contributed by atoms with Gasteiger partial charge in [0.05, 0.1) is 26.6 Å². The van der Waals surface area contributed by atoms with Gasteiger partial charge in [-0.2, -0.15) is 9.97 Å². The Balaban J connectivity index is 0.000000128. The second kappa shape index (κ2) is 16.9. The Morgan fingerprint density at radius 1 is 0.611 bits per heavy atom. The van der Waals surface area contributed by atoms with Crippen molar-refractivity contribution in [2.75, 3.05) is 14.2 Å². The van der Waals surface area contributed by atoms with Gasteiger partial charge in [-0.05, 0) is 48.0 Å². The number of ether oxygens (including phenoxy) is 2. The Morgan fingerprint density at radius 3 is 1.81 bits per heavy atom. The minimum absolute atomic E-state index is 0.203. The summed E-state index contributed by atoms with van der Waals surface area (Å²) in [4.78, 5) is 45.7. The van der Waals surface area contributed by atoms with E-state index in [0.29, 0.717) is 46.1 Å². The normalized spacial score (nSPS) is 10.5. The third-order valence-corrected chi connectivity index (χ3v) is 7.27. The first kappa shape index (κ1) is 36.6. The number of hydrogen-bond donors (Lipinski definition) is 1. The van der Waals surface area contributed by atoms with Crippen molar-refractivity contribution in [1.29, 1.82) is 0 Å². The number of H-pyrrole nitrogens is 1. The summed E-state index contributed by atoms with van der Waals surface area (Å²) in [5, 5.41) is 0.203. The highest BCUT2D eigenvalue weighted by atomic mass is 35.5. The smallest absolute Gasteiger partial charge is 0.251 e. The van der Waals surface area contributed by atoms with Crippen LogP contribution in [0.25, 0.3) is 40.0 Å². The SMILES string of the molecule is COc1ccnc(-c2cnc3ccc(F)cn23)n1.COc1ccnc(Cl)n1.Fc1ccc2nccn2c1.O=c1ccnc(-c2cnc3ccc(F)cn23)[nH]1. The fourth-order valence-corrected chi connectivity index (χ4v) is 4.80. The summed E-state index contributed by atoms with van der Waals surface area (Å²) in [7, 11) is 3.05. The van der Waals surface area contributed by atoms with E-state index in [-0.39, 0.29) is 28.3 Å². The van der Waals surface area contributed by atoms with Crippen LogP contribution < -0.4 is 15.0 Å². The standard InChI is InChI=1S/C12H9FN4O.C11H7FN4O.C7H5FN2.C5H5ClN2O/c1-18-11-4-5-14-12(16-11)9-6-15-10-3-2-8(13)7-17(9)10;12-7-1-2-9-14-5-8(16(9)6-7)11-13-4-3-10(17)15-11;8-6-1-2-7-9-3-4-10(7)5-6;1-9-4-2-3-7-5(6)8-4/h2-7H,1H3;1-6H,(H,13,15,17);1-5H;2-3H,1H3. The van der Waals surface area contributed by atoms with E-state index in [1.54, 1.807) is 63.9 Å². The van der Waals surface area contributed by atoms with Crippen LogP contribution in [0.3, 0.4) is 0 Å². The molecule has 0 saturated carbocycles. The van der Waals surface area contributed by atoms with E-state index >= 15 is 0 Å². The molecular weight excluding hydrogens is 729 g/mol. The maximum Gasteiger partial charge on any atom is 0.251 e. The van der Waals surface area contributed by atoms with Gasteiger partial charge in [0.15, 0.2) is 11.6 Å². The molecular formula is C35H26ClF3N12O3. The fraction of sp³-hybridized carbons (Fsp3) is 0.0571. The Hall–Kier alpha value is -7.21. The lowest BCUT2D eigenvalue weighted by Crippen LogP contribution is -2.06. The number of pyridine rings is 3. The van der Waals surface area contributed by atoms with Crippen molar-refractivity contribution >= 4 is 28.5 Å². The number of methoxy groups -OCH3 is 2. The third-order valence-electron chi connectivity index (χ3n) is 7.08. The average Bonchev–Trinajstić information content (AvgIpc) is 3.94. The number of aromatic nitrogens is 12. The number of fused-ring (bicyclic) bond motifs is 3. The first-order valence-electron chi connectivity index (χ1n) is 15.5. The van der Waals surface area contributed by atoms with Crippen molar-refractivity contribution in [1.82, 2.24) is 58.1 Å². The molecule has 9 rings (SSSR count). The lowest BCUT2D eigenvalue weighted by Gasteiger charge is -2.02. The molecule has 0 aliphatic rings. The summed E-state index contributed by atoms with van der Waals surface area (Å²) >= 11 is 5.42. The van der Waals surface area contributed by atoms with E-state index < -0.39 is 0 Å². The summed E-state index contributed by atoms with van der Waals surface area (Å²) in [5.74, 6) is 0.759. The van der Waals surface area contributed by atoms with Crippen LogP contribution in [0, 0.1) is 17.5 Å². The zero-order valence-electron chi connectivity index (χ0n) is 28.1. The largest absolute Gasteiger partial charge is 0.481 e. The van der Waals surface area contributed by atoms with E-state index in [2.05, 4.69) is 44.9 Å². The van der Waals surface area contributed by atoms with Gasteiger partial charge in [-0.1, -0.05) is 0 Å². The van der Waals surface area contributed by atoms with E-state index in [4.69, 9.17) is 21.1 Å². The molecule has 9 aromatic rings. The molecule has 9 heterocycles. The van der Waals surface area contributed by atoms with Crippen molar-refractivity contribution in [3.8, 4) is 34.8 Å². The molecule has 0 aliphatic heterocycles. The van der Waals surface area contributed by atoms with Crippen molar-refractivity contribution in [3.05, 3.63) is 150 Å². The van der Waals surface area contributed by atoms with Crippen molar-refractivity contribution < 1.29 is 22.6 Å². The molecule has 54 heavy (non-hydrogen) atoms. The van der Waals surface area contributed by atoms with Crippen molar-refractivity contribution in [2.24, 2.45) is 0 Å². The zero-order valence-corrected chi connectivity index (χ0v) is 28.9. The van der Waals surface area contributed by atoms with Crippen molar-refractivity contribution in [3.63, 3.8) is 0 Å². The van der Waals surface area contributed by atoms with Gasteiger partial charge in [0.1, 0.15) is 45.8 Å². The number of hydrogen-bond acceptors (Lipinski definition) is 11. The molecule has 19 heteroatoms. The molecule has 0 radical (unpaired) electrons. The molecule has 0 bridgehead atoms. The van der Waals surface area contributed by atoms with Gasteiger partial charge in [-0.15, -0.1) is 0 Å². The molecule has 15 nitrogen and oxygen atoms in total. The molecule has 272 valence electrons. The number of imidazole rings is 3. The molecule has 0 unspecified atom stereocenters. The molecule has 0 aliphatic carbocycles. The molecule has 0 saturated heterocycles. The zero-order chi connectivity index (χ0) is 38.0. The number of halogens is 4. The molecule has 0 atom stereocenters. The summed E-state index contributed by atoms with van der Waals surface area (Å²) in [6.07, 6.45) is 15.0. The van der Waals surface area contributed by atoms with Crippen LogP contribution in [0.1, 0.15) is 0 Å². The lowest BCUT2D eigenvalue weighted by molar-refractivity contribution is 0.397. The van der Waals surface area contributed by atoms with Crippen LogP contribution in [0.15, 0.2) is 121 Å². The summed E-state index contributed by atoms with van der Waals surface area (Å²) < 4.78 is 53.4. The topological polar surface area (TPSA) is 168 Å². The number of nitrogens with zero attached hydrogens (tertiary/aromatic N) is 11. The Morgan fingerprint density at radius 2 is 1.19 bits per heavy atom. The monoisotopic (exact) mass is 754 g/mol. The van der Waals surface area contributed by atoms with Gasteiger partial charge in [0.25, 0.3) is 5.56 Å². The number of nitrogens with one attached hydrogen (secondary N) is 1. The highest BCUT2D eigenvalue weighted by Gasteiger charge is 2.11. The predicted octanol–water partition coefficient (Wildman–Crippen LogP) is 5.77. The van der Waals surface area contributed by atoms with Gasteiger partial charge >= 0.3 is 0 Å². The van der Waals surface area contributed by atoms with Crippen molar-refractivity contribution in [2.45, 2.75) is 0 Å². The first-order valence-corrected chi connectivity index (χ1v) is 15.9. The molecule has 0 fully saturated rings. The summed E-state index contributed by atoms with van der Waals surface area (Å²) in [6.45, 7) is 0. The molecule has 1 N–H and O–H groups in total. The molecule has 0 aromatic carbocycles. The van der Waals surface area contributed by atoms with Gasteiger partial charge in [0, 0.05) is 67.8 Å². The summed E-state index contributed by atoms with van der Waals surface area (Å²) in [6, 6.07) is 13.5. The second-order valence-electron chi connectivity index (χ2n) is 10.6. The van der Waals surface area contributed by atoms with E-state index in [0.717, 1.165) is 5.65 Å². The predicted molar refractivity (Wildman–Crippen MR) is 190 cm³/mol. The minimum atomic E-state index is -0.380. The van der Waals surface area contributed by atoms with Gasteiger partial charge < -0.3 is 18.9 Å². The lowest BCUT2D eigenvalue weighted by atomic mass is 10.4. The maximum atomic E-state index is 13.2. The molecule has 9 aromatic heterocycles. The minimum Gasteiger partial charge on any atom is -0.481 e. The maximum absolute atomic E-state index is 13.2. The first-order chi connectivity index (χ1) is 26.2. The highest BCUT2D eigenvalue weighted by Crippen LogP contribution is 2.19. The fourth-order valence-electron chi connectivity index (χ4n) is 4.66. The molecule has 0 amide bonds. The van der Waals surface area contributed by atoms with E-state index in [1.165, 1.54) is 80.1 Å². The quantitative estimate of drug-likeness (QED) is 0.217. The second-order valence-corrected chi connectivity index (χ2v) is 10.9. The van der Waals surface area contributed by atoms with E-state index in [1.807, 2.05) is 0 Å². The number of rotatable bonds is 4. The third kappa shape index (κ3) is 8.98. The van der Waals surface area contributed by atoms with Gasteiger partial charge in [-0.3, -0.25) is 13.6 Å². The van der Waals surface area contributed by atoms with Crippen LogP contribution in [0.4, 0.5) is 13.2 Å². The van der Waals surface area contributed by atoms with Crippen LogP contribution in [0.5, 0.6) is 11.8 Å². The van der Waals surface area contributed by atoms with Crippen LogP contribution in [-0.2, 0) is 0 Å². The van der Waals surface area contributed by atoms with Gasteiger partial charge in [-0.25, -0.2) is 43.1 Å². The summed E-state index contributed by atoms with van der Waals surface area (Å²) in [5.41, 5.74) is 2.88. The average molecular weight is 755 g/mol. The Bertz CT molecular complexity index is 2720.